The molecule has 1 fully saturated rings. The highest BCUT2D eigenvalue weighted by molar-refractivity contribution is 5.86. The first-order valence-corrected chi connectivity index (χ1v) is 6.15. The van der Waals surface area contributed by atoms with Gasteiger partial charge in [-0.1, -0.05) is 34.6 Å². The monoisotopic (exact) mass is 231 g/mol. The molecule has 1 N–H and O–H groups in total. The van der Waals surface area contributed by atoms with Crippen molar-refractivity contribution in [2.24, 2.45) is 5.92 Å². The molecule has 1 aliphatic rings. The Morgan fingerprint density at radius 3 is 2.19 bits per heavy atom. The first kappa shape index (κ1) is 17.3. The summed E-state index contributed by atoms with van der Waals surface area (Å²) in [6.45, 7) is 11.0. The molecule has 1 saturated heterocycles. The summed E-state index contributed by atoms with van der Waals surface area (Å²) in [7, 11) is 0. The van der Waals surface area contributed by atoms with Gasteiger partial charge in [0.2, 0.25) is 5.91 Å². The number of likely N-dealkylation sites (tertiary alicyclic amines) is 1. The highest BCUT2D eigenvalue weighted by atomic mass is 16.4. The van der Waals surface area contributed by atoms with Gasteiger partial charge in [0.15, 0.2) is 0 Å². The Bertz CT molecular complexity index is 204. The first-order valence-electron chi connectivity index (χ1n) is 6.15. The summed E-state index contributed by atoms with van der Waals surface area (Å²) in [5.41, 5.74) is 0. The summed E-state index contributed by atoms with van der Waals surface area (Å²) in [5.74, 6) is -1.37. The predicted molar refractivity (Wildman–Crippen MR) is 65.3 cm³/mol. The predicted octanol–water partition coefficient (Wildman–Crippen LogP) is 2.38. The molecule has 1 aliphatic heterocycles. The maximum Gasteiger partial charge on any atom is 0.308 e. The lowest BCUT2D eigenvalue weighted by molar-refractivity contribution is -0.141. The van der Waals surface area contributed by atoms with E-state index in [1.165, 1.54) is 0 Å². The van der Waals surface area contributed by atoms with Crippen molar-refractivity contribution < 1.29 is 14.7 Å². The minimum atomic E-state index is -0.859. The Hall–Kier alpha value is -1.06. The highest BCUT2D eigenvalue weighted by Gasteiger charge is 2.33. The van der Waals surface area contributed by atoms with Gasteiger partial charge in [0, 0.05) is 19.5 Å². The Balaban J connectivity index is 0. The van der Waals surface area contributed by atoms with Crippen LogP contribution in [0.5, 0.6) is 0 Å². The van der Waals surface area contributed by atoms with Crippen molar-refractivity contribution in [1.29, 1.82) is 0 Å². The van der Waals surface area contributed by atoms with Gasteiger partial charge < -0.3 is 10.0 Å². The molecule has 96 valence electrons. The number of carbonyl (C=O) groups excluding carboxylic acids is 1. The second kappa shape index (κ2) is 10.5. The highest BCUT2D eigenvalue weighted by Crippen LogP contribution is 2.17. The van der Waals surface area contributed by atoms with E-state index in [1.807, 2.05) is 34.6 Å². The summed E-state index contributed by atoms with van der Waals surface area (Å²) < 4.78 is 0. The molecule has 0 saturated carbocycles. The second-order valence-corrected chi connectivity index (χ2v) is 3.08. The summed E-state index contributed by atoms with van der Waals surface area (Å²) in [5, 5.41) is 8.64. The van der Waals surface area contributed by atoms with E-state index in [9.17, 15) is 9.59 Å². The molecule has 0 aliphatic carbocycles. The third-order valence-corrected chi connectivity index (χ3v) is 2.06. The Morgan fingerprint density at radius 2 is 1.88 bits per heavy atom. The molecule has 0 radical (unpaired) electrons. The van der Waals surface area contributed by atoms with Crippen molar-refractivity contribution >= 4 is 11.9 Å². The van der Waals surface area contributed by atoms with Gasteiger partial charge in [-0.3, -0.25) is 9.59 Å². The number of amides is 1. The van der Waals surface area contributed by atoms with Crippen LogP contribution in [0, 0.1) is 5.92 Å². The lowest BCUT2D eigenvalue weighted by Crippen LogP contribution is -2.26. The van der Waals surface area contributed by atoms with Crippen LogP contribution in [0.2, 0.25) is 0 Å². The number of hydrogen-bond donors (Lipinski definition) is 1. The van der Waals surface area contributed by atoms with Gasteiger partial charge in [0.05, 0.1) is 5.92 Å². The van der Waals surface area contributed by atoms with Crippen LogP contribution in [0.1, 0.15) is 47.5 Å². The average Bonchev–Trinajstić information content (AvgIpc) is 2.67. The zero-order valence-electron chi connectivity index (χ0n) is 11.1. The average molecular weight is 231 g/mol. The minimum Gasteiger partial charge on any atom is -0.481 e. The number of hydrogen-bond acceptors (Lipinski definition) is 2. The zero-order chi connectivity index (χ0) is 13.1. The quantitative estimate of drug-likeness (QED) is 0.811. The van der Waals surface area contributed by atoms with Gasteiger partial charge in [-0.05, 0) is 6.42 Å². The Kier molecular flexibility index (Phi) is 11.3. The van der Waals surface area contributed by atoms with Gasteiger partial charge in [0.1, 0.15) is 0 Å². The molecule has 1 rings (SSSR count). The van der Waals surface area contributed by atoms with Crippen LogP contribution in [0.25, 0.3) is 0 Å². The molecule has 16 heavy (non-hydrogen) atoms. The van der Waals surface area contributed by atoms with Crippen molar-refractivity contribution in [3.63, 3.8) is 0 Å². The van der Waals surface area contributed by atoms with E-state index in [1.54, 1.807) is 4.90 Å². The summed E-state index contributed by atoms with van der Waals surface area (Å²) in [6, 6.07) is 0. The molecule has 0 aromatic rings. The van der Waals surface area contributed by atoms with Crippen LogP contribution in [-0.2, 0) is 9.59 Å². The van der Waals surface area contributed by atoms with Gasteiger partial charge >= 0.3 is 5.97 Å². The molecular formula is C12H25NO3. The molecule has 4 heteroatoms. The normalized spacial score (nSPS) is 18.2. The topological polar surface area (TPSA) is 57.6 Å². The lowest BCUT2D eigenvalue weighted by atomic mass is 10.1. The van der Waals surface area contributed by atoms with E-state index in [0.29, 0.717) is 13.1 Å². The van der Waals surface area contributed by atoms with Crippen LogP contribution in [0.4, 0.5) is 0 Å². The first-order chi connectivity index (χ1) is 7.65. The molecule has 4 nitrogen and oxygen atoms in total. The third-order valence-electron chi connectivity index (χ3n) is 2.06. The molecule has 0 aromatic heterocycles. The number of nitrogens with zero attached hydrogens (tertiary/aromatic N) is 1. The maximum atomic E-state index is 11.1. The summed E-state index contributed by atoms with van der Waals surface area (Å²) in [6.07, 6.45) is 1.06. The molecule has 0 spiro atoms. The number of carbonyl (C=O) groups is 2. The van der Waals surface area contributed by atoms with E-state index in [4.69, 9.17) is 5.11 Å². The molecular weight excluding hydrogens is 206 g/mol. The van der Waals surface area contributed by atoms with Crippen LogP contribution < -0.4 is 0 Å². The largest absolute Gasteiger partial charge is 0.481 e. The smallest absolute Gasteiger partial charge is 0.308 e. The van der Waals surface area contributed by atoms with Crippen molar-refractivity contribution in [1.82, 2.24) is 4.90 Å². The molecule has 1 atom stereocenters. The van der Waals surface area contributed by atoms with Crippen molar-refractivity contribution in [3.05, 3.63) is 0 Å². The summed E-state index contributed by atoms with van der Waals surface area (Å²) in [4.78, 5) is 23.3. The van der Waals surface area contributed by atoms with Crippen LogP contribution in [0.15, 0.2) is 0 Å². The van der Waals surface area contributed by atoms with E-state index in [-0.39, 0.29) is 12.3 Å². The van der Waals surface area contributed by atoms with E-state index >= 15 is 0 Å². The zero-order valence-corrected chi connectivity index (χ0v) is 11.1. The van der Waals surface area contributed by atoms with Gasteiger partial charge in [0.25, 0.3) is 0 Å². The second-order valence-electron chi connectivity index (χ2n) is 3.08. The molecule has 1 amide bonds. The minimum absolute atomic E-state index is 0.0238. The number of aliphatic carboxylic acids is 1. The van der Waals surface area contributed by atoms with Crippen molar-refractivity contribution in [2.75, 3.05) is 13.1 Å². The van der Waals surface area contributed by atoms with E-state index in [2.05, 4.69) is 0 Å². The maximum absolute atomic E-state index is 11.1. The van der Waals surface area contributed by atoms with E-state index in [0.717, 1.165) is 6.42 Å². The fraction of sp³-hybridized carbons (Fsp3) is 0.833. The summed E-state index contributed by atoms with van der Waals surface area (Å²) >= 11 is 0. The van der Waals surface area contributed by atoms with E-state index < -0.39 is 11.9 Å². The van der Waals surface area contributed by atoms with Crippen molar-refractivity contribution in [3.8, 4) is 0 Å². The van der Waals surface area contributed by atoms with Crippen LogP contribution in [0.3, 0.4) is 0 Å². The Labute approximate surface area is 98.6 Å². The lowest BCUT2D eigenvalue weighted by Gasteiger charge is -2.13. The number of rotatable bonds is 3. The van der Waals surface area contributed by atoms with Gasteiger partial charge in [-0.15, -0.1) is 0 Å². The van der Waals surface area contributed by atoms with Crippen LogP contribution in [-0.4, -0.2) is 35.0 Å². The molecule has 0 bridgehead atoms. The standard InChI is InChI=1S/C8H13NO3.2C2H6/c1-2-3-9-5-6(8(11)12)4-7(9)10;2*1-2/h6H,2-5H2,1H3,(H,11,12);2*1-2H3. The van der Waals surface area contributed by atoms with Gasteiger partial charge in [-0.2, -0.15) is 0 Å². The molecule has 0 aromatic carbocycles. The molecule has 1 heterocycles. The third kappa shape index (κ3) is 5.73. The van der Waals surface area contributed by atoms with Gasteiger partial charge in [-0.25, -0.2) is 0 Å². The SMILES string of the molecule is CC.CC.CCCN1CC(C(=O)O)CC1=O. The fourth-order valence-electron chi connectivity index (χ4n) is 1.42. The van der Waals surface area contributed by atoms with Crippen molar-refractivity contribution in [2.45, 2.75) is 47.5 Å². The number of carboxylic acids is 1. The Morgan fingerprint density at radius 1 is 1.38 bits per heavy atom. The number of carboxylic acid groups (broad SMARTS) is 1. The fourth-order valence-corrected chi connectivity index (χ4v) is 1.42. The van der Waals surface area contributed by atoms with Crippen LogP contribution >= 0.6 is 0 Å². The molecule has 1 unspecified atom stereocenters.